The summed E-state index contributed by atoms with van der Waals surface area (Å²) in [6, 6.07) is 72.8. The third-order valence-electron chi connectivity index (χ3n) is 12.3. The van der Waals surface area contributed by atoms with Crippen molar-refractivity contribution in [3.05, 3.63) is 254 Å². The van der Waals surface area contributed by atoms with Gasteiger partial charge in [0.2, 0.25) is 13.2 Å². The molecule has 1 N–H and O–H groups in total. The van der Waals surface area contributed by atoms with Gasteiger partial charge in [0.05, 0.1) is 17.1 Å². The summed E-state index contributed by atoms with van der Waals surface area (Å²) in [6.45, 7) is 31.4. The van der Waals surface area contributed by atoms with Gasteiger partial charge < -0.3 is 19.0 Å². The summed E-state index contributed by atoms with van der Waals surface area (Å²) in [6.07, 6.45) is 5.57. The van der Waals surface area contributed by atoms with Gasteiger partial charge in [0.25, 0.3) is 0 Å². The Balaban J connectivity index is 0.000000178. The lowest BCUT2D eigenvalue weighted by molar-refractivity contribution is 0.399. The van der Waals surface area contributed by atoms with Gasteiger partial charge >= 0.3 is 5.66 Å². The number of aromatic nitrogens is 3. The molecule has 0 bridgehead atoms. The molecule has 79 heavy (non-hydrogen) atoms. The molecule has 0 amide bonds. The van der Waals surface area contributed by atoms with E-state index < -0.39 is 11.2 Å². The van der Waals surface area contributed by atoms with Crippen LogP contribution >= 0.6 is 0 Å². The summed E-state index contributed by atoms with van der Waals surface area (Å²) >= 11 is 0. The van der Waals surface area contributed by atoms with Crippen molar-refractivity contribution < 1.29 is 9.53 Å². The number of fused-ring (bicyclic) bond motifs is 3. The largest absolute Gasteiger partial charge is 0.416 e. The first-order chi connectivity index (χ1) is 38.5. The number of para-hydroxylation sites is 4. The van der Waals surface area contributed by atoms with Gasteiger partial charge in [-0.1, -0.05) is 186 Å². The van der Waals surface area contributed by atoms with Crippen LogP contribution in [0.1, 0.15) is 65.2 Å². The van der Waals surface area contributed by atoms with Gasteiger partial charge in [0, 0.05) is 66.1 Å². The molecule has 2 heterocycles. The maximum absolute atomic E-state index is 8.58. The Labute approximate surface area is 467 Å². The quantitative estimate of drug-likeness (QED) is 0.102. The van der Waals surface area contributed by atoms with Gasteiger partial charge in [-0.25, -0.2) is 6.57 Å². The topological polar surface area (TPSA) is 120 Å². The molecule has 0 saturated heterocycles. The Morgan fingerprint density at radius 2 is 0.949 bits per heavy atom. The normalized spacial score (nSPS) is 11.1. The highest BCUT2D eigenvalue weighted by atomic mass is 16.4. The van der Waals surface area contributed by atoms with Crippen molar-refractivity contribution in [2.24, 2.45) is 10.2 Å². The molecule has 0 atom stereocenters. The molecule has 0 aliphatic heterocycles. The van der Waals surface area contributed by atoms with E-state index in [2.05, 4.69) is 250 Å². The Kier molecular flexibility index (Phi) is 19.7. The number of benzene rings is 8. The van der Waals surface area contributed by atoms with Crippen molar-refractivity contribution in [2.75, 3.05) is 12.0 Å². The molecule has 0 unspecified atom stereocenters. The zero-order valence-corrected chi connectivity index (χ0v) is 46.4. The highest BCUT2D eigenvalue weighted by Crippen LogP contribution is 2.35. The van der Waals surface area contributed by atoms with Crippen molar-refractivity contribution in [3.8, 4) is 40.1 Å². The van der Waals surface area contributed by atoms with E-state index in [9.17, 15) is 0 Å². The standard InChI is InChI=1S/C26H24N2O.C20H17N.C14H11N.C8H12N4.CH4O/c1-5-18-6-8-19(9-7-18)20-10-12-21(13-11-20)24-27-28-25(29-24)22-14-16-23(17-15-22)26(2,3)4;1-2-17-13-15-20(16-14-17)21(18-9-5-3-6-10-18)19-11-7-4-8-12-19;1-2-15-13-9-5-3-7-11(13)12-8-4-6-10-14(12)15;1-7(2,6-9)11-12-8(3,4)10-5;1-2/h5-17H,1H2,2-4H3;2-16H,1H2;2-10H,1H2;1-4H3;2H,1H3/i;;;;2D. The minimum absolute atomic E-state index is 0.117. The van der Waals surface area contributed by atoms with Crippen LogP contribution in [-0.4, -0.2) is 39.6 Å². The summed E-state index contributed by atoms with van der Waals surface area (Å²) in [7, 11) is 1.29. The van der Waals surface area contributed by atoms with Crippen molar-refractivity contribution in [3.63, 3.8) is 0 Å². The Morgan fingerprint density at radius 1 is 0.570 bits per heavy atom. The highest BCUT2D eigenvalue weighted by molar-refractivity contribution is 6.09. The van der Waals surface area contributed by atoms with E-state index in [1.54, 1.807) is 27.7 Å². The first-order valence-corrected chi connectivity index (χ1v) is 25.7. The van der Waals surface area contributed by atoms with E-state index in [1.807, 2.05) is 60.8 Å². The van der Waals surface area contributed by atoms with Crippen LogP contribution in [0.15, 0.2) is 241 Å². The van der Waals surface area contributed by atoms with Crippen molar-refractivity contribution in [2.45, 2.75) is 65.1 Å². The lowest BCUT2D eigenvalue weighted by Gasteiger charge is -2.25. The van der Waals surface area contributed by atoms with E-state index in [4.69, 9.17) is 17.7 Å². The number of hydrogen-bond donors (Lipinski definition) is 1. The fourth-order valence-electron chi connectivity index (χ4n) is 7.99. The smallest absolute Gasteiger partial charge is 0.335 e. The van der Waals surface area contributed by atoms with Crippen LogP contribution in [0.5, 0.6) is 0 Å². The molecule has 0 fully saturated rings. The zero-order valence-electron chi connectivity index (χ0n) is 47.4. The number of anilines is 3. The van der Waals surface area contributed by atoms with E-state index in [0.29, 0.717) is 11.8 Å². The predicted molar refractivity (Wildman–Crippen MR) is 330 cm³/mol. The zero-order chi connectivity index (χ0) is 57.7. The molecule has 2 aromatic heterocycles. The maximum Gasteiger partial charge on any atom is 0.335 e. The number of hydrogen-bond acceptors (Lipinski definition) is 8. The molecule has 0 saturated carbocycles. The number of aliphatic hydroxyl groups is 1. The first-order valence-electron chi connectivity index (χ1n) is 26.1. The van der Waals surface area contributed by atoms with E-state index >= 15 is 0 Å². The molecule has 0 radical (unpaired) electrons. The van der Waals surface area contributed by atoms with Gasteiger partial charge in [0.1, 0.15) is 0 Å². The van der Waals surface area contributed by atoms with Gasteiger partial charge in [-0.2, -0.15) is 10.4 Å². The molecular weight excluding hydrogens is 973 g/mol. The Hall–Kier alpha value is -9.74. The van der Waals surface area contributed by atoms with Crippen LogP contribution in [0.25, 0.3) is 79.0 Å². The van der Waals surface area contributed by atoms with E-state index in [1.165, 1.54) is 34.5 Å². The lowest BCUT2D eigenvalue weighted by Crippen LogP contribution is -2.16. The molecular formula is C69H68N8O2. The second-order valence-corrected chi connectivity index (χ2v) is 20.0. The lowest BCUT2D eigenvalue weighted by atomic mass is 9.87. The summed E-state index contributed by atoms with van der Waals surface area (Å²) in [4.78, 5) is 5.48. The number of nitrogens with zero attached hydrogens (tertiary/aromatic N) is 8. The molecule has 396 valence electrons. The predicted octanol–water partition coefficient (Wildman–Crippen LogP) is 18.7. The number of aliphatic hydroxyl groups excluding tert-OH is 1. The van der Waals surface area contributed by atoms with Crippen LogP contribution in [-0.2, 0) is 5.41 Å². The van der Waals surface area contributed by atoms with Gasteiger partial charge in [-0.3, -0.25) is 4.85 Å². The van der Waals surface area contributed by atoms with Gasteiger partial charge in [0.15, 0.2) is 5.54 Å². The fourth-order valence-corrected chi connectivity index (χ4v) is 7.99. The minimum Gasteiger partial charge on any atom is -0.416 e. The third kappa shape index (κ3) is 15.7. The second kappa shape index (κ2) is 27.3. The van der Waals surface area contributed by atoms with Gasteiger partial charge in [-0.15, -0.1) is 15.3 Å². The molecule has 0 aliphatic rings. The second-order valence-electron chi connectivity index (χ2n) is 20.0. The van der Waals surface area contributed by atoms with Crippen molar-refractivity contribution >= 4 is 57.2 Å². The number of azo groups is 1. The summed E-state index contributed by atoms with van der Waals surface area (Å²) in [5.41, 5.74) is 11.9. The van der Waals surface area contributed by atoms with Gasteiger partial charge in [-0.05, 0) is 120 Å². The van der Waals surface area contributed by atoms with Crippen molar-refractivity contribution in [1.82, 2.24) is 14.8 Å². The maximum atomic E-state index is 8.58. The molecule has 10 aromatic rings. The molecule has 8 aromatic carbocycles. The van der Waals surface area contributed by atoms with Crippen LogP contribution < -0.4 is 4.90 Å². The number of rotatable bonds is 11. The van der Waals surface area contributed by atoms with Crippen LogP contribution in [0, 0.1) is 17.9 Å². The average Bonchev–Trinajstić information content (AvgIpc) is 4.17. The monoisotopic (exact) mass is 1040 g/mol. The van der Waals surface area contributed by atoms with E-state index in [-0.39, 0.29) is 5.41 Å². The molecule has 10 nitrogen and oxygen atoms in total. The third-order valence-corrected chi connectivity index (χ3v) is 12.3. The van der Waals surface area contributed by atoms with Crippen LogP contribution in [0.3, 0.4) is 0 Å². The summed E-state index contributed by atoms with van der Waals surface area (Å²) in [5, 5.41) is 30.6. The molecule has 0 spiro atoms. The van der Waals surface area contributed by atoms with Crippen LogP contribution in [0.2, 0.25) is 0 Å². The SMILES string of the molecule is C=Cc1ccc(-c2ccc(-c3nnc(-c4ccc(C(C)(C)C)cc4)o3)cc2)cc1.C=Cc1ccc(N(c2ccccc2)c2ccccc2)cc1.C=Cn1c2ccccc2c2ccccc21.[2H]OC.[C-]#[N+]C(C)(C)N=NC(C)(C)C#N. The average molecular weight is 1040 g/mol. The minimum atomic E-state index is -0.853. The molecule has 0 aliphatic carbocycles. The number of nitriles is 1. The van der Waals surface area contributed by atoms with Crippen LogP contribution in [0.4, 0.5) is 17.1 Å². The molecule has 10 heteroatoms. The van der Waals surface area contributed by atoms with E-state index in [0.717, 1.165) is 50.4 Å². The summed E-state index contributed by atoms with van der Waals surface area (Å²) in [5.74, 6) is 1.05. The first kappa shape index (κ1) is 57.0. The fraction of sp³-hybridized carbons (Fsp3) is 0.159. The summed E-state index contributed by atoms with van der Waals surface area (Å²) < 4.78 is 13.8. The van der Waals surface area contributed by atoms with Crippen molar-refractivity contribution in [1.29, 1.82) is 6.69 Å². The Bertz CT molecular complexity index is 3570. The molecule has 10 rings (SSSR count). The highest BCUT2D eigenvalue weighted by Gasteiger charge is 2.24. The Morgan fingerprint density at radius 3 is 1.35 bits per heavy atom.